The maximum absolute atomic E-state index is 11.6. The summed E-state index contributed by atoms with van der Waals surface area (Å²) in [7, 11) is 0. The highest BCUT2D eigenvalue weighted by Crippen LogP contribution is 1.97. The molecule has 0 fully saturated rings. The molecular weight excluding hydrogens is 246 g/mol. The van der Waals surface area contributed by atoms with Gasteiger partial charge in [0.15, 0.2) is 0 Å². The molecule has 6 heteroatoms. The number of hydrazine groups is 1. The number of pyridine rings is 1. The molecule has 0 aliphatic rings. The van der Waals surface area contributed by atoms with E-state index < -0.39 is 17.9 Å². The second-order valence-electron chi connectivity index (χ2n) is 4.53. The van der Waals surface area contributed by atoms with E-state index >= 15 is 0 Å². The van der Waals surface area contributed by atoms with E-state index in [9.17, 15) is 9.59 Å². The Bertz CT molecular complexity index is 420. The van der Waals surface area contributed by atoms with Crippen LogP contribution in [0, 0.1) is 5.92 Å². The lowest BCUT2D eigenvalue weighted by molar-refractivity contribution is -0.133. The molecule has 2 amide bonds. The van der Waals surface area contributed by atoms with Gasteiger partial charge in [0.25, 0.3) is 11.8 Å². The smallest absolute Gasteiger partial charge is 0.288 e. The zero-order valence-corrected chi connectivity index (χ0v) is 11.3. The van der Waals surface area contributed by atoms with Crippen LogP contribution in [0.4, 0.5) is 0 Å². The van der Waals surface area contributed by atoms with Crippen molar-refractivity contribution in [2.45, 2.75) is 26.9 Å². The fourth-order valence-electron chi connectivity index (χ4n) is 1.19. The first kappa shape index (κ1) is 15.1. The van der Waals surface area contributed by atoms with E-state index in [-0.39, 0.29) is 5.69 Å². The molecule has 0 spiro atoms. The van der Waals surface area contributed by atoms with Crippen LogP contribution in [-0.4, -0.2) is 29.5 Å². The number of hydrogen-bond donors (Lipinski definition) is 2. The van der Waals surface area contributed by atoms with Crippen molar-refractivity contribution in [2.24, 2.45) is 5.92 Å². The van der Waals surface area contributed by atoms with E-state index in [1.807, 2.05) is 13.8 Å². The molecule has 6 nitrogen and oxygen atoms in total. The Morgan fingerprint density at radius 1 is 1.26 bits per heavy atom. The normalized spacial score (nSPS) is 12.0. The first-order valence-electron chi connectivity index (χ1n) is 6.13. The zero-order chi connectivity index (χ0) is 14.3. The Morgan fingerprint density at radius 3 is 2.58 bits per heavy atom. The summed E-state index contributed by atoms with van der Waals surface area (Å²) in [5.41, 5.74) is 4.82. The lowest BCUT2D eigenvalue weighted by atomic mass is 10.2. The number of amides is 2. The molecule has 1 aromatic heterocycles. The summed E-state index contributed by atoms with van der Waals surface area (Å²) >= 11 is 0. The Kier molecular flexibility index (Phi) is 5.95. The monoisotopic (exact) mass is 265 g/mol. The van der Waals surface area contributed by atoms with E-state index in [4.69, 9.17) is 4.74 Å². The molecule has 0 saturated carbocycles. The van der Waals surface area contributed by atoms with Crippen molar-refractivity contribution in [3.05, 3.63) is 30.1 Å². The van der Waals surface area contributed by atoms with Gasteiger partial charge in [-0.1, -0.05) is 19.9 Å². The molecule has 1 atom stereocenters. The molecule has 0 bridgehead atoms. The first-order valence-corrected chi connectivity index (χ1v) is 6.13. The van der Waals surface area contributed by atoms with Gasteiger partial charge in [-0.3, -0.25) is 25.4 Å². The molecule has 1 unspecified atom stereocenters. The van der Waals surface area contributed by atoms with Gasteiger partial charge < -0.3 is 4.74 Å². The summed E-state index contributed by atoms with van der Waals surface area (Å²) in [6, 6.07) is 4.95. The van der Waals surface area contributed by atoms with Crippen molar-refractivity contribution in [3.63, 3.8) is 0 Å². The lowest BCUT2D eigenvalue weighted by Gasteiger charge is -2.15. The number of hydrogen-bond acceptors (Lipinski definition) is 4. The van der Waals surface area contributed by atoms with Crippen molar-refractivity contribution < 1.29 is 14.3 Å². The molecule has 0 radical (unpaired) electrons. The van der Waals surface area contributed by atoms with Gasteiger partial charge in [-0.05, 0) is 25.0 Å². The van der Waals surface area contributed by atoms with E-state index in [1.165, 1.54) is 6.20 Å². The predicted octanol–water partition coefficient (Wildman–Crippen LogP) is 0.904. The van der Waals surface area contributed by atoms with Crippen molar-refractivity contribution in [2.75, 3.05) is 6.61 Å². The average molecular weight is 265 g/mol. The molecule has 0 aromatic carbocycles. The van der Waals surface area contributed by atoms with Crippen LogP contribution < -0.4 is 10.9 Å². The van der Waals surface area contributed by atoms with Crippen LogP contribution in [0.25, 0.3) is 0 Å². The summed E-state index contributed by atoms with van der Waals surface area (Å²) in [5, 5.41) is 0. The maximum Gasteiger partial charge on any atom is 0.288 e. The van der Waals surface area contributed by atoms with E-state index in [0.29, 0.717) is 12.5 Å². The van der Waals surface area contributed by atoms with Crippen LogP contribution in [0.15, 0.2) is 24.4 Å². The zero-order valence-electron chi connectivity index (χ0n) is 11.3. The summed E-state index contributed by atoms with van der Waals surface area (Å²) in [5.74, 6) is -0.520. The van der Waals surface area contributed by atoms with E-state index in [2.05, 4.69) is 15.8 Å². The number of rotatable bonds is 5. The largest absolute Gasteiger partial charge is 0.368 e. The van der Waals surface area contributed by atoms with Gasteiger partial charge in [-0.15, -0.1) is 0 Å². The van der Waals surface area contributed by atoms with Crippen molar-refractivity contribution in [1.82, 2.24) is 15.8 Å². The fourth-order valence-corrected chi connectivity index (χ4v) is 1.19. The van der Waals surface area contributed by atoms with Crippen molar-refractivity contribution in [1.29, 1.82) is 0 Å². The third-order valence-electron chi connectivity index (χ3n) is 2.25. The van der Waals surface area contributed by atoms with Crippen LogP contribution in [-0.2, 0) is 9.53 Å². The standard InChI is InChI=1S/C13H19N3O3/c1-9(2)8-19-10(3)12(17)15-16-13(18)11-6-4-5-7-14-11/h4-7,9-10H,8H2,1-3H3,(H,15,17)(H,16,18). The van der Waals surface area contributed by atoms with Gasteiger partial charge in [-0.25, -0.2) is 0 Å². The van der Waals surface area contributed by atoms with Gasteiger partial charge in [0, 0.05) is 12.8 Å². The van der Waals surface area contributed by atoms with Crippen LogP contribution in [0.5, 0.6) is 0 Å². The number of aromatic nitrogens is 1. The summed E-state index contributed by atoms with van der Waals surface area (Å²) in [6.45, 7) is 6.11. The Hall–Kier alpha value is -1.95. The highest BCUT2D eigenvalue weighted by molar-refractivity contribution is 5.93. The van der Waals surface area contributed by atoms with E-state index in [0.717, 1.165) is 0 Å². The van der Waals surface area contributed by atoms with Crippen LogP contribution >= 0.6 is 0 Å². The molecule has 0 aliphatic carbocycles. The minimum absolute atomic E-state index is 0.235. The summed E-state index contributed by atoms with van der Waals surface area (Å²) in [6.07, 6.45) is 0.886. The van der Waals surface area contributed by atoms with Crippen LogP contribution in [0.3, 0.4) is 0 Å². The van der Waals surface area contributed by atoms with Crippen molar-refractivity contribution in [3.8, 4) is 0 Å². The Morgan fingerprint density at radius 2 is 2.00 bits per heavy atom. The molecule has 1 rings (SSSR count). The molecule has 1 heterocycles. The minimum atomic E-state index is -0.619. The molecular formula is C13H19N3O3. The highest BCUT2D eigenvalue weighted by atomic mass is 16.5. The highest BCUT2D eigenvalue weighted by Gasteiger charge is 2.15. The lowest BCUT2D eigenvalue weighted by Crippen LogP contribution is -2.46. The second kappa shape index (κ2) is 7.48. The summed E-state index contributed by atoms with van der Waals surface area (Å²) in [4.78, 5) is 27.1. The van der Waals surface area contributed by atoms with Crippen LogP contribution in [0.1, 0.15) is 31.3 Å². The number of carbonyl (C=O) groups excluding carboxylic acids is 2. The fraction of sp³-hybridized carbons (Fsp3) is 0.462. The maximum atomic E-state index is 11.6. The molecule has 19 heavy (non-hydrogen) atoms. The second-order valence-corrected chi connectivity index (χ2v) is 4.53. The first-order chi connectivity index (χ1) is 9.00. The minimum Gasteiger partial charge on any atom is -0.368 e. The molecule has 0 aliphatic heterocycles. The molecule has 0 saturated heterocycles. The predicted molar refractivity (Wildman–Crippen MR) is 70.1 cm³/mol. The Balaban J connectivity index is 2.36. The SMILES string of the molecule is CC(C)COC(C)C(=O)NNC(=O)c1ccccn1. The van der Waals surface area contributed by atoms with Gasteiger partial charge in [0.1, 0.15) is 11.8 Å². The average Bonchev–Trinajstić information content (AvgIpc) is 2.42. The number of nitrogens with one attached hydrogen (secondary N) is 2. The Labute approximate surface area is 112 Å². The third-order valence-corrected chi connectivity index (χ3v) is 2.25. The third kappa shape index (κ3) is 5.48. The molecule has 2 N–H and O–H groups in total. The van der Waals surface area contributed by atoms with Gasteiger partial charge in [0.05, 0.1) is 0 Å². The molecule has 1 aromatic rings. The topological polar surface area (TPSA) is 80.3 Å². The number of nitrogens with zero attached hydrogens (tertiary/aromatic N) is 1. The van der Waals surface area contributed by atoms with Gasteiger partial charge in [0.2, 0.25) is 0 Å². The number of carbonyl (C=O) groups is 2. The van der Waals surface area contributed by atoms with Gasteiger partial charge >= 0.3 is 0 Å². The van der Waals surface area contributed by atoms with Gasteiger partial charge in [-0.2, -0.15) is 0 Å². The van der Waals surface area contributed by atoms with Crippen LogP contribution in [0.2, 0.25) is 0 Å². The summed E-state index contributed by atoms with van der Waals surface area (Å²) < 4.78 is 5.32. The van der Waals surface area contributed by atoms with Crippen molar-refractivity contribution >= 4 is 11.8 Å². The quantitative estimate of drug-likeness (QED) is 0.775. The molecule has 104 valence electrons. The number of ether oxygens (including phenoxy) is 1. The van der Waals surface area contributed by atoms with E-state index in [1.54, 1.807) is 25.1 Å².